The summed E-state index contributed by atoms with van der Waals surface area (Å²) in [6.07, 6.45) is 6.31. The van der Waals surface area contributed by atoms with Gasteiger partial charge in [-0.3, -0.25) is 14.3 Å². The number of carbonyl (C=O) groups is 2. The van der Waals surface area contributed by atoms with Gasteiger partial charge in [-0.05, 0) is 25.3 Å². The molecule has 0 saturated heterocycles. The van der Waals surface area contributed by atoms with Crippen LogP contribution in [0.2, 0.25) is 0 Å². The monoisotopic (exact) mass is 341 g/mol. The maximum atomic E-state index is 12.6. The summed E-state index contributed by atoms with van der Waals surface area (Å²) in [5.41, 5.74) is 0.831. The summed E-state index contributed by atoms with van der Waals surface area (Å²) in [4.78, 5) is 24.1. The van der Waals surface area contributed by atoms with Gasteiger partial charge in [0.25, 0.3) is 5.91 Å². The third-order valence-electron chi connectivity index (χ3n) is 4.99. The van der Waals surface area contributed by atoms with Crippen LogP contribution in [0.4, 0.5) is 0 Å². The minimum Gasteiger partial charge on any atom is -0.481 e. The van der Waals surface area contributed by atoms with E-state index in [0.717, 1.165) is 18.4 Å². The fourth-order valence-corrected chi connectivity index (χ4v) is 3.55. The van der Waals surface area contributed by atoms with Crippen LogP contribution in [0.5, 0.6) is 0 Å². The van der Waals surface area contributed by atoms with E-state index < -0.39 is 17.4 Å². The molecule has 1 aromatic carbocycles. The van der Waals surface area contributed by atoms with Crippen LogP contribution in [-0.2, 0) is 11.3 Å². The van der Waals surface area contributed by atoms with E-state index >= 15 is 0 Å². The van der Waals surface area contributed by atoms with Crippen LogP contribution in [0.1, 0.15) is 48.5 Å². The standard InChI is InChI=1S/C19H23N3O3/c1-19(10-6-5-9-16(19)18(24)25)21-17(23)15-11-20-22(13-15)12-14-7-3-2-4-8-14/h2-4,7-8,11,13,16H,5-6,9-10,12H2,1H3,(H,21,23)(H,24,25). The lowest BCUT2D eigenvalue weighted by Gasteiger charge is -2.39. The van der Waals surface area contributed by atoms with Crippen LogP contribution in [-0.4, -0.2) is 32.3 Å². The van der Waals surface area contributed by atoms with Gasteiger partial charge in [0.05, 0.1) is 29.8 Å². The molecule has 2 unspecified atom stereocenters. The zero-order valence-electron chi connectivity index (χ0n) is 14.3. The van der Waals surface area contributed by atoms with Crippen LogP contribution in [0.3, 0.4) is 0 Å². The van der Waals surface area contributed by atoms with Gasteiger partial charge >= 0.3 is 5.97 Å². The second-order valence-corrected chi connectivity index (χ2v) is 6.92. The van der Waals surface area contributed by atoms with E-state index in [1.54, 1.807) is 10.9 Å². The molecule has 6 nitrogen and oxygen atoms in total. The van der Waals surface area contributed by atoms with Crippen LogP contribution in [0.25, 0.3) is 0 Å². The molecule has 2 atom stereocenters. The zero-order chi connectivity index (χ0) is 17.9. The van der Waals surface area contributed by atoms with Crippen molar-refractivity contribution in [3.8, 4) is 0 Å². The number of aromatic nitrogens is 2. The summed E-state index contributed by atoms with van der Waals surface area (Å²) in [6, 6.07) is 9.88. The summed E-state index contributed by atoms with van der Waals surface area (Å²) in [7, 11) is 0. The summed E-state index contributed by atoms with van der Waals surface area (Å²) in [5.74, 6) is -1.67. The Kier molecular flexibility index (Phi) is 4.88. The Morgan fingerprint density at radius 3 is 2.80 bits per heavy atom. The summed E-state index contributed by atoms with van der Waals surface area (Å²) < 4.78 is 1.71. The normalized spacial score (nSPS) is 23.2. The molecule has 2 N–H and O–H groups in total. The largest absolute Gasteiger partial charge is 0.481 e. The van der Waals surface area contributed by atoms with Gasteiger partial charge in [0, 0.05) is 6.20 Å². The fraction of sp³-hybridized carbons (Fsp3) is 0.421. The van der Waals surface area contributed by atoms with Crippen molar-refractivity contribution in [3.05, 3.63) is 53.9 Å². The zero-order valence-corrected chi connectivity index (χ0v) is 14.3. The number of rotatable bonds is 5. The molecule has 1 heterocycles. The fourth-order valence-electron chi connectivity index (χ4n) is 3.55. The maximum Gasteiger partial charge on any atom is 0.308 e. The predicted molar refractivity (Wildman–Crippen MR) is 93.2 cm³/mol. The van der Waals surface area contributed by atoms with E-state index in [1.807, 2.05) is 37.3 Å². The number of carboxylic acid groups (broad SMARTS) is 1. The molecular weight excluding hydrogens is 318 g/mol. The first kappa shape index (κ1) is 17.2. The quantitative estimate of drug-likeness (QED) is 0.876. The summed E-state index contributed by atoms with van der Waals surface area (Å²) in [6.45, 7) is 2.42. The number of hydrogen-bond acceptors (Lipinski definition) is 3. The summed E-state index contributed by atoms with van der Waals surface area (Å²) in [5, 5.41) is 16.6. The Morgan fingerprint density at radius 1 is 1.32 bits per heavy atom. The second kappa shape index (κ2) is 7.09. The number of carboxylic acids is 1. The topological polar surface area (TPSA) is 84.2 Å². The van der Waals surface area contributed by atoms with Crippen LogP contribution < -0.4 is 5.32 Å². The third-order valence-corrected chi connectivity index (χ3v) is 4.99. The molecule has 1 aliphatic rings. The molecule has 0 bridgehead atoms. The lowest BCUT2D eigenvalue weighted by molar-refractivity contribution is -0.145. The minimum atomic E-state index is -0.845. The van der Waals surface area contributed by atoms with Crippen molar-refractivity contribution >= 4 is 11.9 Å². The third kappa shape index (κ3) is 3.90. The molecular formula is C19H23N3O3. The van der Waals surface area contributed by atoms with Gasteiger partial charge < -0.3 is 10.4 Å². The van der Waals surface area contributed by atoms with Crippen molar-refractivity contribution in [3.63, 3.8) is 0 Å². The molecule has 25 heavy (non-hydrogen) atoms. The van der Waals surface area contributed by atoms with E-state index in [9.17, 15) is 14.7 Å². The minimum absolute atomic E-state index is 0.269. The number of aliphatic carboxylic acids is 1. The molecule has 3 rings (SSSR count). The van der Waals surface area contributed by atoms with Crippen LogP contribution in [0.15, 0.2) is 42.7 Å². The molecule has 6 heteroatoms. The van der Waals surface area contributed by atoms with Crippen LogP contribution >= 0.6 is 0 Å². The highest BCUT2D eigenvalue weighted by molar-refractivity contribution is 5.94. The number of hydrogen-bond donors (Lipinski definition) is 2. The van der Waals surface area contributed by atoms with Crippen molar-refractivity contribution in [1.29, 1.82) is 0 Å². The smallest absolute Gasteiger partial charge is 0.308 e. The van der Waals surface area contributed by atoms with Crippen molar-refractivity contribution in [2.75, 3.05) is 0 Å². The molecule has 0 spiro atoms. The van der Waals surface area contributed by atoms with E-state index in [0.29, 0.717) is 24.9 Å². The molecule has 1 fully saturated rings. The number of amides is 1. The van der Waals surface area contributed by atoms with E-state index in [2.05, 4.69) is 10.4 Å². The SMILES string of the molecule is CC1(NC(=O)c2cnn(Cc3ccccc3)c2)CCCCC1C(=O)O. The molecule has 1 aliphatic carbocycles. The van der Waals surface area contributed by atoms with Gasteiger partial charge in [-0.25, -0.2) is 0 Å². The van der Waals surface area contributed by atoms with Gasteiger partial charge in [0.2, 0.25) is 0 Å². The molecule has 1 saturated carbocycles. The number of nitrogens with one attached hydrogen (secondary N) is 1. The number of benzene rings is 1. The molecule has 0 radical (unpaired) electrons. The van der Waals surface area contributed by atoms with Crippen molar-refractivity contribution in [2.24, 2.45) is 5.92 Å². The first-order valence-corrected chi connectivity index (χ1v) is 8.60. The Balaban J connectivity index is 1.70. The Morgan fingerprint density at radius 2 is 2.08 bits per heavy atom. The maximum absolute atomic E-state index is 12.6. The van der Waals surface area contributed by atoms with E-state index in [1.165, 1.54) is 6.20 Å². The van der Waals surface area contributed by atoms with Crippen molar-refractivity contribution in [1.82, 2.24) is 15.1 Å². The first-order valence-electron chi connectivity index (χ1n) is 8.60. The number of carbonyl (C=O) groups excluding carboxylic acids is 1. The highest BCUT2D eigenvalue weighted by atomic mass is 16.4. The molecule has 132 valence electrons. The Bertz CT molecular complexity index is 756. The predicted octanol–water partition coefficient (Wildman–Crippen LogP) is 2.69. The molecule has 1 aromatic heterocycles. The van der Waals surface area contributed by atoms with E-state index in [4.69, 9.17) is 0 Å². The average molecular weight is 341 g/mol. The van der Waals surface area contributed by atoms with Crippen molar-refractivity contribution < 1.29 is 14.7 Å². The van der Waals surface area contributed by atoms with Gasteiger partial charge in [-0.2, -0.15) is 5.10 Å². The van der Waals surface area contributed by atoms with Crippen molar-refractivity contribution in [2.45, 2.75) is 44.7 Å². The second-order valence-electron chi connectivity index (χ2n) is 6.92. The molecule has 0 aliphatic heterocycles. The van der Waals surface area contributed by atoms with Crippen LogP contribution in [0, 0.1) is 5.92 Å². The lowest BCUT2D eigenvalue weighted by Crippen LogP contribution is -2.55. The first-order chi connectivity index (χ1) is 12.0. The molecule has 1 amide bonds. The lowest BCUT2D eigenvalue weighted by atomic mass is 9.74. The van der Waals surface area contributed by atoms with Gasteiger partial charge in [-0.15, -0.1) is 0 Å². The highest BCUT2D eigenvalue weighted by Crippen LogP contribution is 2.34. The Labute approximate surface area is 146 Å². The Hall–Kier alpha value is -2.63. The average Bonchev–Trinajstić information content (AvgIpc) is 3.04. The molecule has 2 aromatic rings. The van der Waals surface area contributed by atoms with Gasteiger partial charge in [0.15, 0.2) is 0 Å². The van der Waals surface area contributed by atoms with Gasteiger partial charge in [0.1, 0.15) is 0 Å². The summed E-state index contributed by atoms with van der Waals surface area (Å²) >= 11 is 0. The number of nitrogens with zero attached hydrogens (tertiary/aromatic N) is 2. The van der Waals surface area contributed by atoms with Gasteiger partial charge in [-0.1, -0.05) is 43.2 Å². The highest BCUT2D eigenvalue weighted by Gasteiger charge is 2.42. The van der Waals surface area contributed by atoms with E-state index in [-0.39, 0.29) is 5.91 Å².